The van der Waals surface area contributed by atoms with Gasteiger partial charge in [0.15, 0.2) is 0 Å². The molecule has 0 atom stereocenters. The highest BCUT2D eigenvalue weighted by Gasteiger charge is 2.26. The van der Waals surface area contributed by atoms with E-state index in [4.69, 9.17) is 26.1 Å². The summed E-state index contributed by atoms with van der Waals surface area (Å²) in [5.74, 6) is 1.02. The van der Waals surface area contributed by atoms with Gasteiger partial charge in [0.25, 0.3) is 10.7 Å². The molecule has 1 saturated heterocycles. The minimum atomic E-state index is -0.0938. The van der Waals surface area contributed by atoms with Crippen molar-refractivity contribution in [2.45, 2.75) is 26.4 Å². The van der Waals surface area contributed by atoms with E-state index in [1.54, 1.807) is 11.8 Å². The van der Waals surface area contributed by atoms with Crippen molar-refractivity contribution in [1.29, 1.82) is 0 Å². The van der Waals surface area contributed by atoms with E-state index in [0.29, 0.717) is 29.8 Å². The Balaban J connectivity index is 1.66. The third-order valence-corrected chi connectivity index (χ3v) is 4.78. The molecule has 0 unspecified atom stereocenters. The molecule has 1 aromatic heterocycles. The van der Waals surface area contributed by atoms with Gasteiger partial charge in [0.05, 0.1) is 31.9 Å². The summed E-state index contributed by atoms with van der Waals surface area (Å²) < 4.78 is 17.8. The highest BCUT2D eigenvalue weighted by atomic mass is 32.1. The van der Waals surface area contributed by atoms with E-state index >= 15 is 0 Å². The van der Waals surface area contributed by atoms with Gasteiger partial charge in [0.1, 0.15) is 5.75 Å². The van der Waals surface area contributed by atoms with Crippen LogP contribution in [0.4, 0.5) is 0 Å². The zero-order valence-electron chi connectivity index (χ0n) is 15.0. The number of benzene rings is 1. The second-order valence-electron chi connectivity index (χ2n) is 6.16. The van der Waals surface area contributed by atoms with Crippen LogP contribution in [0.25, 0.3) is 11.5 Å². The first-order valence-electron chi connectivity index (χ1n) is 8.72. The molecule has 7 nitrogen and oxygen atoms in total. The third kappa shape index (κ3) is 4.13. The fourth-order valence-corrected chi connectivity index (χ4v) is 3.26. The second kappa shape index (κ2) is 8.46. The van der Waals surface area contributed by atoms with Gasteiger partial charge in [-0.1, -0.05) is 12.1 Å². The predicted octanol–water partition coefficient (Wildman–Crippen LogP) is 3.11. The van der Waals surface area contributed by atoms with Crippen LogP contribution >= 0.6 is 12.2 Å². The molecular formula is C18H23N3O4S. The zero-order chi connectivity index (χ0) is 18.5. The third-order valence-electron chi connectivity index (χ3n) is 4.49. The molecule has 1 aliphatic heterocycles. The summed E-state index contributed by atoms with van der Waals surface area (Å²) in [4.78, 5) is 14.4. The highest BCUT2D eigenvalue weighted by molar-refractivity contribution is 7.71. The second-order valence-corrected chi connectivity index (χ2v) is 6.51. The summed E-state index contributed by atoms with van der Waals surface area (Å²) in [6.07, 6.45) is 1.56. The number of nitrogens with zero attached hydrogens (tertiary/aromatic N) is 3. The smallest absolute Gasteiger partial charge is 0.309 e. The Morgan fingerprint density at radius 2 is 2.08 bits per heavy atom. The lowest BCUT2D eigenvalue weighted by Gasteiger charge is -2.30. The molecular weight excluding hydrogens is 354 g/mol. The number of carbonyl (C=O) groups is 1. The molecule has 2 aromatic rings. The van der Waals surface area contributed by atoms with Crippen molar-refractivity contribution in [2.75, 3.05) is 26.8 Å². The van der Waals surface area contributed by atoms with Crippen LogP contribution in [-0.4, -0.2) is 47.5 Å². The standard InChI is InChI=1S/C18H23N3O4S/c1-3-24-17(22)13-8-10-20(11-9-13)12-21-18(26)25-16(19-21)14-6-4-5-7-15(14)23-2/h4-7,13H,3,8-12H2,1-2H3. The molecule has 8 heteroatoms. The lowest BCUT2D eigenvalue weighted by atomic mass is 9.97. The number of esters is 1. The first kappa shape index (κ1) is 18.6. The Labute approximate surface area is 157 Å². The van der Waals surface area contributed by atoms with Crippen molar-refractivity contribution >= 4 is 18.2 Å². The van der Waals surface area contributed by atoms with E-state index in [9.17, 15) is 4.79 Å². The van der Waals surface area contributed by atoms with Gasteiger partial charge in [-0.2, -0.15) is 0 Å². The Kier molecular flexibility index (Phi) is 6.05. The maximum atomic E-state index is 11.8. The van der Waals surface area contributed by atoms with Crippen LogP contribution in [0.3, 0.4) is 0 Å². The molecule has 0 saturated carbocycles. The van der Waals surface area contributed by atoms with Crippen molar-refractivity contribution in [2.24, 2.45) is 5.92 Å². The average molecular weight is 377 g/mol. The van der Waals surface area contributed by atoms with E-state index in [-0.39, 0.29) is 11.9 Å². The van der Waals surface area contributed by atoms with Gasteiger partial charge in [-0.3, -0.25) is 9.69 Å². The molecule has 0 spiro atoms. The van der Waals surface area contributed by atoms with Gasteiger partial charge in [-0.05, 0) is 44.1 Å². The SMILES string of the molecule is CCOC(=O)C1CCN(Cn2nc(-c3ccccc3OC)oc2=S)CC1. The number of methoxy groups -OCH3 is 1. The number of piperidine rings is 1. The zero-order valence-corrected chi connectivity index (χ0v) is 15.8. The van der Waals surface area contributed by atoms with Crippen LogP contribution < -0.4 is 4.74 Å². The summed E-state index contributed by atoms with van der Waals surface area (Å²) >= 11 is 5.31. The topological polar surface area (TPSA) is 69.7 Å². The van der Waals surface area contributed by atoms with Crippen molar-refractivity contribution in [3.8, 4) is 17.2 Å². The van der Waals surface area contributed by atoms with Crippen molar-refractivity contribution in [3.05, 3.63) is 29.1 Å². The largest absolute Gasteiger partial charge is 0.496 e. The van der Waals surface area contributed by atoms with Crippen LogP contribution in [0.2, 0.25) is 0 Å². The summed E-state index contributed by atoms with van der Waals surface area (Å²) in [6.45, 7) is 4.38. The number of aromatic nitrogens is 2. The minimum Gasteiger partial charge on any atom is -0.496 e. The van der Waals surface area contributed by atoms with Gasteiger partial charge in [0.2, 0.25) is 0 Å². The van der Waals surface area contributed by atoms with Crippen molar-refractivity contribution in [3.63, 3.8) is 0 Å². The normalized spacial score (nSPS) is 15.8. The van der Waals surface area contributed by atoms with Gasteiger partial charge in [-0.25, -0.2) is 4.68 Å². The molecule has 0 amide bonds. The number of hydrogen-bond donors (Lipinski definition) is 0. The van der Waals surface area contributed by atoms with Crippen LogP contribution in [0.15, 0.2) is 28.7 Å². The molecule has 0 radical (unpaired) electrons. The molecule has 3 rings (SSSR count). The number of para-hydroxylation sites is 1. The van der Waals surface area contributed by atoms with Gasteiger partial charge < -0.3 is 13.9 Å². The fourth-order valence-electron chi connectivity index (χ4n) is 3.09. The highest BCUT2D eigenvalue weighted by Crippen LogP contribution is 2.28. The van der Waals surface area contributed by atoms with E-state index in [0.717, 1.165) is 31.5 Å². The van der Waals surface area contributed by atoms with Crippen molar-refractivity contribution in [1.82, 2.24) is 14.7 Å². The van der Waals surface area contributed by atoms with Gasteiger partial charge >= 0.3 is 5.97 Å². The average Bonchev–Trinajstić information content (AvgIpc) is 3.03. The van der Waals surface area contributed by atoms with Crippen LogP contribution in [-0.2, 0) is 16.2 Å². The van der Waals surface area contributed by atoms with E-state index in [2.05, 4.69) is 10.00 Å². The summed E-state index contributed by atoms with van der Waals surface area (Å²) in [6, 6.07) is 7.53. The molecule has 0 N–H and O–H groups in total. The Bertz CT molecular complexity index is 809. The van der Waals surface area contributed by atoms with Crippen molar-refractivity contribution < 1.29 is 18.7 Å². The minimum absolute atomic E-state index is 0.0133. The Morgan fingerprint density at radius 1 is 1.35 bits per heavy atom. The lowest BCUT2D eigenvalue weighted by Crippen LogP contribution is -2.38. The Morgan fingerprint density at radius 3 is 2.77 bits per heavy atom. The monoisotopic (exact) mass is 377 g/mol. The number of hydrogen-bond acceptors (Lipinski definition) is 7. The Hall–Kier alpha value is -2.19. The summed E-state index contributed by atoms with van der Waals surface area (Å²) in [5.41, 5.74) is 0.765. The maximum absolute atomic E-state index is 11.8. The van der Waals surface area contributed by atoms with E-state index in [1.165, 1.54) is 0 Å². The van der Waals surface area contributed by atoms with Crippen LogP contribution in [0, 0.1) is 10.8 Å². The lowest BCUT2D eigenvalue weighted by molar-refractivity contribution is -0.149. The predicted molar refractivity (Wildman–Crippen MR) is 98.2 cm³/mol. The first-order valence-corrected chi connectivity index (χ1v) is 9.13. The molecule has 0 bridgehead atoms. The van der Waals surface area contributed by atoms with Crippen LogP contribution in [0.5, 0.6) is 5.75 Å². The summed E-state index contributed by atoms with van der Waals surface area (Å²) in [5, 5.41) is 4.50. The number of ether oxygens (including phenoxy) is 2. The molecule has 1 fully saturated rings. The number of likely N-dealkylation sites (tertiary alicyclic amines) is 1. The quantitative estimate of drug-likeness (QED) is 0.566. The molecule has 1 aromatic carbocycles. The van der Waals surface area contributed by atoms with Gasteiger partial charge in [0, 0.05) is 13.1 Å². The summed E-state index contributed by atoms with van der Waals surface area (Å²) in [7, 11) is 1.61. The fraction of sp³-hybridized carbons (Fsp3) is 0.500. The van der Waals surface area contributed by atoms with Gasteiger partial charge in [-0.15, -0.1) is 5.10 Å². The van der Waals surface area contributed by atoms with Crippen LogP contribution in [0.1, 0.15) is 19.8 Å². The van der Waals surface area contributed by atoms with E-state index < -0.39 is 0 Å². The molecule has 0 aliphatic carbocycles. The number of carbonyl (C=O) groups excluding carboxylic acids is 1. The molecule has 1 aliphatic rings. The maximum Gasteiger partial charge on any atom is 0.309 e. The molecule has 140 valence electrons. The molecule has 2 heterocycles. The number of rotatable bonds is 6. The van der Waals surface area contributed by atoms with E-state index in [1.807, 2.05) is 31.2 Å². The first-order chi connectivity index (χ1) is 12.6. The molecule has 26 heavy (non-hydrogen) atoms.